The number of furan rings is 1. The summed E-state index contributed by atoms with van der Waals surface area (Å²) in [6.45, 7) is 0. The lowest BCUT2D eigenvalue weighted by atomic mass is 10.0. The number of hydrogen-bond donors (Lipinski definition) is 0. The average molecular weight is 778 g/mol. The second kappa shape index (κ2) is 12.1. The van der Waals surface area contributed by atoms with Gasteiger partial charge >= 0.3 is 0 Å². The van der Waals surface area contributed by atoms with Crippen molar-refractivity contribution in [3.63, 3.8) is 0 Å². The van der Waals surface area contributed by atoms with Crippen LogP contribution in [0, 0.1) is 0 Å². The molecule has 6 heteroatoms. The molecular formula is C55H31N5O. The fourth-order valence-electron chi connectivity index (χ4n) is 10.2. The van der Waals surface area contributed by atoms with Crippen molar-refractivity contribution >= 4 is 76.3 Å². The normalized spacial score (nSPS) is 12.3. The van der Waals surface area contributed by atoms with Gasteiger partial charge in [0.15, 0.2) is 11.6 Å². The third kappa shape index (κ3) is 4.42. The fourth-order valence-corrected chi connectivity index (χ4v) is 10.2. The Balaban J connectivity index is 1.07. The standard InChI is InChI=1S/C55H31N5O/c1-2-14-32(15-3-1)53-56-54(41-23-13-27-48-50(41)40-20-8-11-26-47(40)61-48)58-55(57-53)60-43-25-10-7-19-39(43)52-46(60)31-30-45-51(52)38-18-6-9-24-42(38)59(45)44-29-28-36-34-17-5-4-16-33(34)35-21-12-22-37(44)49(35)36/h1-31H. The van der Waals surface area contributed by atoms with Crippen LogP contribution in [0.4, 0.5) is 0 Å². The Kier molecular flexibility index (Phi) is 6.46. The van der Waals surface area contributed by atoms with Crippen LogP contribution in [0.15, 0.2) is 192 Å². The van der Waals surface area contributed by atoms with Gasteiger partial charge in [0.2, 0.25) is 5.95 Å². The van der Waals surface area contributed by atoms with E-state index in [4.69, 9.17) is 19.4 Å². The van der Waals surface area contributed by atoms with Crippen molar-refractivity contribution in [2.24, 2.45) is 0 Å². The summed E-state index contributed by atoms with van der Waals surface area (Å²) in [5.74, 6) is 1.73. The zero-order valence-electron chi connectivity index (χ0n) is 32.5. The van der Waals surface area contributed by atoms with Gasteiger partial charge in [-0.15, -0.1) is 0 Å². The lowest BCUT2D eigenvalue weighted by molar-refractivity contribution is 0.669. The van der Waals surface area contributed by atoms with Crippen LogP contribution in [0.5, 0.6) is 0 Å². The predicted molar refractivity (Wildman–Crippen MR) is 249 cm³/mol. The van der Waals surface area contributed by atoms with Crippen LogP contribution >= 0.6 is 0 Å². The summed E-state index contributed by atoms with van der Waals surface area (Å²) in [6, 6.07) is 66.6. The van der Waals surface area contributed by atoms with E-state index in [1.165, 1.54) is 49.5 Å². The van der Waals surface area contributed by atoms with Crippen LogP contribution in [0.3, 0.4) is 0 Å². The highest BCUT2D eigenvalue weighted by Gasteiger charge is 2.26. The second-order valence-electron chi connectivity index (χ2n) is 15.9. The summed E-state index contributed by atoms with van der Waals surface area (Å²) >= 11 is 0. The van der Waals surface area contributed by atoms with E-state index in [-0.39, 0.29) is 0 Å². The first-order valence-electron chi connectivity index (χ1n) is 20.6. The van der Waals surface area contributed by atoms with Crippen molar-refractivity contribution in [2.45, 2.75) is 0 Å². The summed E-state index contributed by atoms with van der Waals surface area (Å²) < 4.78 is 11.0. The molecule has 61 heavy (non-hydrogen) atoms. The minimum absolute atomic E-state index is 0.551. The first-order valence-corrected chi connectivity index (χ1v) is 20.6. The molecule has 0 saturated carbocycles. The summed E-state index contributed by atoms with van der Waals surface area (Å²) in [5, 5.41) is 9.24. The monoisotopic (exact) mass is 777 g/mol. The van der Waals surface area contributed by atoms with Gasteiger partial charge in [0, 0.05) is 48.8 Å². The van der Waals surface area contributed by atoms with E-state index in [1.54, 1.807) is 0 Å². The number of fused-ring (bicyclic) bond motifs is 13. The average Bonchev–Trinajstić information content (AvgIpc) is 4.07. The molecule has 0 N–H and O–H groups in total. The molecule has 0 amide bonds. The lowest BCUT2D eigenvalue weighted by Crippen LogP contribution is -2.06. The molecule has 0 bridgehead atoms. The first-order chi connectivity index (χ1) is 30.3. The highest BCUT2D eigenvalue weighted by Crippen LogP contribution is 2.50. The Labute approximate surface area is 348 Å². The Morgan fingerprint density at radius 1 is 0.311 bits per heavy atom. The number of para-hydroxylation sites is 3. The number of rotatable bonds is 4. The maximum Gasteiger partial charge on any atom is 0.238 e. The molecule has 1 aliphatic carbocycles. The van der Waals surface area contributed by atoms with Crippen LogP contribution in [0.2, 0.25) is 0 Å². The van der Waals surface area contributed by atoms with Crippen LogP contribution in [0.25, 0.3) is 133 Å². The molecule has 1 aliphatic rings. The van der Waals surface area contributed by atoms with Gasteiger partial charge in [0.1, 0.15) is 11.2 Å². The van der Waals surface area contributed by atoms with Gasteiger partial charge in [0.05, 0.1) is 27.8 Å². The third-order valence-electron chi connectivity index (χ3n) is 12.7. The maximum atomic E-state index is 6.33. The number of aromatic nitrogens is 5. The Morgan fingerprint density at radius 3 is 1.66 bits per heavy atom. The zero-order chi connectivity index (χ0) is 39.8. The number of hydrogen-bond acceptors (Lipinski definition) is 4. The fraction of sp³-hybridized carbons (Fsp3) is 0. The summed E-state index contributed by atoms with van der Waals surface area (Å²) in [6.07, 6.45) is 0. The summed E-state index contributed by atoms with van der Waals surface area (Å²) in [5.41, 5.74) is 14.1. The van der Waals surface area contributed by atoms with E-state index in [1.807, 2.05) is 48.5 Å². The quantitative estimate of drug-likeness (QED) is 0.179. The molecular weight excluding hydrogens is 747 g/mol. The minimum atomic E-state index is 0.551. The molecule has 0 aliphatic heterocycles. The van der Waals surface area contributed by atoms with E-state index in [9.17, 15) is 0 Å². The summed E-state index contributed by atoms with van der Waals surface area (Å²) in [4.78, 5) is 15.8. The van der Waals surface area contributed by atoms with Crippen LogP contribution in [-0.2, 0) is 0 Å². The second-order valence-corrected chi connectivity index (χ2v) is 15.9. The van der Waals surface area contributed by atoms with Gasteiger partial charge in [-0.2, -0.15) is 9.97 Å². The predicted octanol–water partition coefficient (Wildman–Crippen LogP) is 14.1. The molecule has 9 aromatic carbocycles. The molecule has 0 saturated heterocycles. The van der Waals surface area contributed by atoms with Gasteiger partial charge in [-0.05, 0) is 70.1 Å². The van der Waals surface area contributed by atoms with Gasteiger partial charge in [-0.3, -0.25) is 4.57 Å². The maximum absolute atomic E-state index is 6.33. The van der Waals surface area contributed by atoms with Crippen molar-refractivity contribution < 1.29 is 4.42 Å². The molecule has 13 aromatic rings. The molecule has 282 valence electrons. The van der Waals surface area contributed by atoms with Crippen LogP contribution in [-0.4, -0.2) is 24.1 Å². The van der Waals surface area contributed by atoms with Crippen molar-refractivity contribution in [1.82, 2.24) is 24.1 Å². The topological polar surface area (TPSA) is 61.7 Å². The van der Waals surface area contributed by atoms with Crippen LogP contribution < -0.4 is 0 Å². The molecule has 0 unspecified atom stereocenters. The first kappa shape index (κ1) is 32.6. The molecule has 6 nitrogen and oxygen atoms in total. The minimum Gasteiger partial charge on any atom is -0.456 e. The van der Waals surface area contributed by atoms with E-state index in [0.717, 1.165) is 65.9 Å². The lowest BCUT2D eigenvalue weighted by Gasteiger charge is -2.13. The number of benzene rings is 9. The molecule has 0 atom stereocenters. The van der Waals surface area contributed by atoms with Crippen LogP contribution in [0.1, 0.15) is 0 Å². The number of nitrogens with zero attached hydrogens (tertiary/aromatic N) is 5. The van der Waals surface area contributed by atoms with Crippen molar-refractivity contribution in [1.29, 1.82) is 0 Å². The van der Waals surface area contributed by atoms with Gasteiger partial charge in [-0.1, -0.05) is 146 Å². The molecule has 0 radical (unpaired) electrons. The Bertz CT molecular complexity index is 3970. The molecule has 0 spiro atoms. The van der Waals surface area contributed by atoms with Crippen molar-refractivity contribution in [3.8, 4) is 56.7 Å². The van der Waals surface area contributed by atoms with E-state index in [0.29, 0.717) is 17.6 Å². The van der Waals surface area contributed by atoms with Crippen molar-refractivity contribution in [3.05, 3.63) is 188 Å². The van der Waals surface area contributed by atoms with Gasteiger partial charge in [0.25, 0.3) is 0 Å². The van der Waals surface area contributed by atoms with Crippen molar-refractivity contribution in [2.75, 3.05) is 0 Å². The molecule has 4 aromatic heterocycles. The SMILES string of the molecule is c1ccc(-c2nc(-c3cccc4oc5ccccc5c34)nc(-n3c4ccccc4c4c5c6ccccc6n(-c6ccc7c8c(cccc68)-c6ccccc6-7)c5ccc43)n2)cc1. The molecule has 14 rings (SSSR count). The smallest absolute Gasteiger partial charge is 0.238 e. The van der Waals surface area contributed by atoms with Gasteiger partial charge < -0.3 is 8.98 Å². The largest absolute Gasteiger partial charge is 0.456 e. The molecule has 4 heterocycles. The Morgan fingerprint density at radius 2 is 0.869 bits per heavy atom. The molecule has 0 fully saturated rings. The summed E-state index contributed by atoms with van der Waals surface area (Å²) in [7, 11) is 0. The Hall–Kier alpha value is -8.35. The van der Waals surface area contributed by atoms with E-state index in [2.05, 4.69) is 149 Å². The highest BCUT2D eigenvalue weighted by atomic mass is 16.3. The van der Waals surface area contributed by atoms with E-state index >= 15 is 0 Å². The van der Waals surface area contributed by atoms with E-state index < -0.39 is 0 Å². The third-order valence-corrected chi connectivity index (χ3v) is 12.7. The zero-order valence-corrected chi connectivity index (χ0v) is 32.5. The van der Waals surface area contributed by atoms with Gasteiger partial charge in [-0.25, -0.2) is 4.98 Å². The highest BCUT2D eigenvalue weighted by molar-refractivity contribution is 6.29.